The molecule has 244 valence electrons. The molecule has 45 heavy (non-hydrogen) atoms. The number of nitrogens with zero attached hydrogens (tertiary/aromatic N) is 4. The van der Waals surface area contributed by atoms with Gasteiger partial charge in [-0.3, -0.25) is 9.69 Å². The standard InChI is InChI=1S/C31H37N5O5S2.2ClH/c1-22-10-11-26-25(21-22)31(24-7-4-5-8-27(24)41-3,29(37)36(26)43(39,40)28-9-6-20-42-28)32-30(38)35-18-16-34(17-19-35)23-12-14-33(2)15-13-23;;/h4-11,20-21,23H,12-19H2,1-3H3,(H,32,38);2*1H. The van der Waals surface area contributed by atoms with Crippen LogP contribution in [0.25, 0.3) is 0 Å². The van der Waals surface area contributed by atoms with Crippen LogP contribution in [0, 0.1) is 6.92 Å². The van der Waals surface area contributed by atoms with E-state index in [-0.39, 0.29) is 34.7 Å². The van der Waals surface area contributed by atoms with Gasteiger partial charge in [-0.1, -0.05) is 42.0 Å². The Morgan fingerprint density at radius 2 is 1.64 bits per heavy atom. The fourth-order valence-electron chi connectivity index (χ4n) is 6.54. The number of nitrogens with one attached hydrogen (secondary N) is 1. The first-order valence-corrected chi connectivity index (χ1v) is 16.9. The number of likely N-dealkylation sites (tertiary alicyclic amines) is 1. The molecule has 0 aliphatic carbocycles. The van der Waals surface area contributed by atoms with Crippen LogP contribution in [0.15, 0.2) is 64.2 Å². The second-order valence-electron chi connectivity index (χ2n) is 11.5. The van der Waals surface area contributed by atoms with Crippen LogP contribution in [0.4, 0.5) is 10.5 Å². The summed E-state index contributed by atoms with van der Waals surface area (Å²) < 4.78 is 34.5. The molecule has 0 saturated carbocycles. The Balaban J connectivity index is 0.00000230. The van der Waals surface area contributed by atoms with Gasteiger partial charge in [-0.2, -0.15) is 12.7 Å². The molecular weight excluding hydrogens is 657 g/mol. The zero-order valence-corrected chi connectivity index (χ0v) is 28.7. The number of methoxy groups -OCH3 is 1. The van der Waals surface area contributed by atoms with Crippen molar-refractivity contribution >= 4 is 63.8 Å². The summed E-state index contributed by atoms with van der Waals surface area (Å²) in [5.41, 5.74) is -0.0399. The summed E-state index contributed by atoms with van der Waals surface area (Å²) in [5, 5.41) is 4.72. The van der Waals surface area contributed by atoms with Crippen LogP contribution in [0.2, 0.25) is 0 Å². The zero-order chi connectivity index (χ0) is 30.4. The second-order valence-corrected chi connectivity index (χ2v) is 14.4. The summed E-state index contributed by atoms with van der Waals surface area (Å²) in [6.07, 6.45) is 2.22. The number of hydrogen-bond donors (Lipinski definition) is 1. The summed E-state index contributed by atoms with van der Waals surface area (Å²) in [5.74, 6) is -0.407. The molecule has 2 aromatic carbocycles. The predicted octanol–water partition coefficient (Wildman–Crippen LogP) is 4.31. The van der Waals surface area contributed by atoms with Gasteiger partial charge >= 0.3 is 6.03 Å². The molecule has 1 aromatic heterocycles. The van der Waals surface area contributed by atoms with Crippen LogP contribution in [-0.2, 0) is 20.4 Å². The average Bonchev–Trinajstić information content (AvgIpc) is 3.64. The van der Waals surface area contributed by atoms with Crippen molar-refractivity contribution < 1.29 is 22.7 Å². The smallest absolute Gasteiger partial charge is 0.318 e. The first-order valence-electron chi connectivity index (χ1n) is 14.5. The molecule has 6 rings (SSSR count). The average molecular weight is 697 g/mol. The maximum atomic E-state index is 14.8. The summed E-state index contributed by atoms with van der Waals surface area (Å²) in [4.78, 5) is 35.4. The Kier molecular flexibility index (Phi) is 10.8. The third-order valence-corrected chi connectivity index (χ3v) is 12.0. The molecule has 14 heteroatoms. The van der Waals surface area contributed by atoms with Crippen LogP contribution in [0.3, 0.4) is 0 Å². The Hall–Kier alpha value is -2.87. The first kappa shape index (κ1) is 35.0. The third kappa shape index (κ3) is 6.16. The van der Waals surface area contributed by atoms with E-state index in [2.05, 4.69) is 22.2 Å². The number of ether oxygens (including phenoxy) is 1. The van der Waals surface area contributed by atoms with Crippen LogP contribution in [0.5, 0.6) is 5.75 Å². The van der Waals surface area contributed by atoms with Gasteiger partial charge in [0, 0.05) is 43.3 Å². The number of fused-ring (bicyclic) bond motifs is 1. The number of benzene rings is 2. The third-order valence-electron chi connectivity index (χ3n) is 8.88. The van der Waals surface area contributed by atoms with E-state index < -0.39 is 27.5 Å². The first-order chi connectivity index (χ1) is 20.7. The number of rotatable bonds is 6. The lowest BCUT2D eigenvalue weighted by Crippen LogP contribution is -2.61. The van der Waals surface area contributed by atoms with Crippen molar-refractivity contribution in [3.05, 3.63) is 76.7 Å². The topological polar surface area (TPSA) is 102 Å². The maximum absolute atomic E-state index is 14.8. The van der Waals surface area contributed by atoms with Gasteiger partial charge in [0.05, 0.1) is 12.8 Å². The number of thiophene rings is 1. The van der Waals surface area contributed by atoms with E-state index in [0.29, 0.717) is 36.0 Å². The highest BCUT2D eigenvalue weighted by Crippen LogP contribution is 2.49. The molecule has 2 fully saturated rings. The van der Waals surface area contributed by atoms with E-state index in [0.717, 1.165) is 60.2 Å². The van der Waals surface area contributed by atoms with Crippen molar-refractivity contribution in [2.24, 2.45) is 0 Å². The largest absolute Gasteiger partial charge is 0.496 e. The summed E-state index contributed by atoms with van der Waals surface area (Å²) >= 11 is 1.04. The number of anilines is 1. The lowest BCUT2D eigenvalue weighted by molar-refractivity contribution is -0.121. The van der Waals surface area contributed by atoms with E-state index >= 15 is 0 Å². The van der Waals surface area contributed by atoms with Gasteiger partial charge in [0.2, 0.25) is 0 Å². The minimum Gasteiger partial charge on any atom is -0.496 e. The van der Waals surface area contributed by atoms with Gasteiger partial charge < -0.3 is 19.9 Å². The molecule has 2 saturated heterocycles. The molecule has 0 radical (unpaired) electrons. The van der Waals surface area contributed by atoms with Crippen LogP contribution < -0.4 is 14.4 Å². The summed E-state index contributed by atoms with van der Waals surface area (Å²) in [6, 6.07) is 15.3. The monoisotopic (exact) mass is 695 g/mol. The molecule has 3 amide bonds. The molecule has 10 nitrogen and oxygen atoms in total. The number of carbonyl (C=O) groups excluding carboxylic acids is 2. The van der Waals surface area contributed by atoms with Crippen molar-refractivity contribution in [2.45, 2.75) is 35.6 Å². The van der Waals surface area contributed by atoms with E-state index in [9.17, 15) is 18.0 Å². The van der Waals surface area contributed by atoms with Gasteiger partial charge in [-0.25, -0.2) is 4.79 Å². The number of sulfonamides is 1. The fourth-order valence-corrected chi connectivity index (χ4v) is 9.06. The summed E-state index contributed by atoms with van der Waals surface area (Å²) in [7, 11) is -0.628. The number of piperidine rings is 1. The Morgan fingerprint density at radius 1 is 0.956 bits per heavy atom. The van der Waals surface area contributed by atoms with E-state index in [4.69, 9.17) is 4.74 Å². The van der Waals surface area contributed by atoms with Gasteiger partial charge in [-0.05, 0) is 63.5 Å². The van der Waals surface area contributed by atoms with Crippen molar-refractivity contribution in [3.8, 4) is 5.75 Å². The second kappa shape index (κ2) is 13.9. The lowest BCUT2D eigenvalue weighted by atomic mass is 9.82. The number of amides is 3. The van der Waals surface area contributed by atoms with Crippen molar-refractivity contribution in [1.29, 1.82) is 0 Å². The molecule has 3 aromatic rings. The van der Waals surface area contributed by atoms with Gasteiger partial charge in [0.25, 0.3) is 15.9 Å². The molecule has 1 atom stereocenters. The SMILES string of the molecule is COc1ccccc1C1(NC(=O)N2CCN(C3CCN(C)CC3)CC2)C(=O)N(S(=O)(=O)c2cccs2)c2ccc(C)cc21.Cl.Cl. The minimum atomic E-state index is -4.27. The molecule has 3 aliphatic rings. The minimum absolute atomic E-state index is 0. The Morgan fingerprint density at radius 3 is 2.29 bits per heavy atom. The van der Waals surface area contributed by atoms with E-state index in [1.165, 1.54) is 13.2 Å². The molecule has 0 spiro atoms. The zero-order valence-electron chi connectivity index (χ0n) is 25.5. The molecule has 3 aliphatic heterocycles. The Labute approximate surface area is 281 Å². The quantitative estimate of drug-likeness (QED) is 0.410. The lowest BCUT2D eigenvalue weighted by Gasteiger charge is -2.43. The van der Waals surface area contributed by atoms with Gasteiger partial charge in [0.15, 0.2) is 5.54 Å². The number of hydrogen-bond acceptors (Lipinski definition) is 8. The van der Waals surface area contributed by atoms with Crippen LogP contribution >= 0.6 is 36.2 Å². The molecular formula is C31H39Cl2N5O5S2. The van der Waals surface area contributed by atoms with Gasteiger partial charge in [0.1, 0.15) is 9.96 Å². The highest BCUT2D eigenvalue weighted by atomic mass is 35.5. The number of aryl methyl sites for hydroxylation is 1. The molecule has 1 unspecified atom stereocenters. The number of carbonyl (C=O) groups is 2. The van der Waals surface area contributed by atoms with Gasteiger partial charge in [-0.15, -0.1) is 36.2 Å². The molecule has 1 N–H and O–H groups in total. The van der Waals surface area contributed by atoms with Crippen molar-refractivity contribution in [1.82, 2.24) is 20.0 Å². The van der Waals surface area contributed by atoms with E-state index in [1.807, 2.05) is 6.92 Å². The molecule has 0 bridgehead atoms. The summed E-state index contributed by atoms with van der Waals surface area (Å²) in [6.45, 7) is 6.51. The highest BCUT2D eigenvalue weighted by molar-refractivity contribution is 7.95. The number of piperazine rings is 1. The van der Waals surface area contributed by atoms with Crippen LogP contribution in [0.1, 0.15) is 29.5 Å². The highest BCUT2D eigenvalue weighted by Gasteiger charge is 2.58. The maximum Gasteiger partial charge on any atom is 0.318 e. The Bertz CT molecular complexity index is 1620. The van der Waals surface area contributed by atoms with Crippen molar-refractivity contribution in [2.75, 3.05) is 57.7 Å². The number of urea groups is 1. The predicted molar refractivity (Wildman–Crippen MR) is 181 cm³/mol. The van der Waals surface area contributed by atoms with Crippen LogP contribution in [-0.4, -0.2) is 94.5 Å². The number of halogens is 2. The van der Waals surface area contributed by atoms with E-state index in [1.54, 1.807) is 58.8 Å². The normalized spacial score (nSPS) is 21.1. The van der Waals surface area contributed by atoms with Crippen molar-refractivity contribution in [3.63, 3.8) is 0 Å². The fraction of sp³-hybridized carbons (Fsp3) is 0.419. The molecule has 4 heterocycles. The number of para-hydroxylation sites is 1.